The lowest BCUT2D eigenvalue weighted by molar-refractivity contribution is -0.100. The van der Waals surface area contributed by atoms with Crippen LogP contribution >= 0.6 is 11.8 Å². The highest BCUT2D eigenvalue weighted by Gasteiger charge is 2.40. The molecule has 2 N–H and O–H groups in total. The Morgan fingerprint density at radius 2 is 2.15 bits per heavy atom. The molecule has 20 heavy (non-hydrogen) atoms. The molecule has 2 fully saturated rings. The first-order chi connectivity index (χ1) is 9.65. The Bertz CT molecular complexity index is 474. The predicted molar refractivity (Wildman–Crippen MR) is 83.1 cm³/mol. The first-order valence-corrected chi connectivity index (χ1v) is 8.77. The summed E-state index contributed by atoms with van der Waals surface area (Å²) in [6, 6.07) is 0.478. The zero-order valence-electron chi connectivity index (χ0n) is 12.5. The molecule has 2 aliphatic heterocycles. The third-order valence-corrected chi connectivity index (χ3v) is 5.88. The summed E-state index contributed by atoms with van der Waals surface area (Å²) in [5.74, 6) is 2.47. The number of rotatable bonds is 2. The summed E-state index contributed by atoms with van der Waals surface area (Å²) in [4.78, 5) is 0. The first-order valence-electron chi connectivity index (χ1n) is 7.61. The minimum absolute atomic E-state index is 0.114. The average Bonchev–Trinajstić information content (AvgIpc) is 2.74. The summed E-state index contributed by atoms with van der Waals surface area (Å²) in [6.45, 7) is 5.67. The maximum atomic E-state index is 6.18. The molecule has 112 valence electrons. The van der Waals surface area contributed by atoms with E-state index in [1.54, 1.807) is 0 Å². The summed E-state index contributed by atoms with van der Waals surface area (Å²) in [5, 5.41) is 4.76. The van der Waals surface area contributed by atoms with Crippen molar-refractivity contribution in [2.75, 3.05) is 18.1 Å². The van der Waals surface area contributed by atoms with Gasteiger partial charge in [0.05, 0.1) is 17.3 Å². The molecule has 0 aromatic carbocycles. The van der Waals surface area contributed by atoms with E-state index in [9.17, 15) is 0 Å². The number of ether oxygens (including phenoxy) is 1. The van der Waals surface area contributed by atoms with Crippen molar-refractivity contribution in [3.05, 3.63) is 17.0 Å². The van der Waals surface area contributed by atoms with Crippen molar-refractivity contribution in [3.8, 4) is 0 Å². The Labute approximate surface area is 125 Å². The molecule has 1 atom stereocenters. The number of aryl methyl sites for hydroxylation is 1. The van der Waals surface area contributed by atoms with Crippen molar-refractivity contribution in [3.63, 3.8) is 0 Å². The Balaban J connectivity index is 1.83. The van der Waals surface area contributed by atoms with E-state index < -0.39 is 0 Å². The zero-order chi connectivity index (χ0) is 14.2. The summed E-state index contributed by atoms with van der Waals surface area (Å²) in [7, 11) is 0. The fourth-order valence-corrected chi connectivity index (χ4v) is 4.89. The molecule has 0 bridgehead atoms. The third-order valence-electron chi connectivity index (χ3n) is 4.90. The summed E-state index contributed by atoms with van der Waals surface area (Å²) in [6.07, 6.45) is 4.56. The van der Waals surface area contributed by atoms with Gasteiger partial charge in [-0.1, -0.05) is 0 Å². The maximum absolute atomic E-state index is 6.18. The summed E-state index contributed by atoms with van der Waals surface area (Å²) < 4.78 is 8.41. The maximum Gasteiger partial charge on any atom is 0.0718 e. The van der Waals surface area contributed by atoms with Crippen molar-refractivity contribution < 1.29 is 4.74 Å². The zero-order valence-corrected chi connectivity index (χ0v) is 13.3. The SMILES string of the molecule is Cc1nn(C2CCOC3(CCSCC3)C2)c(C)c1CN. The number of thioether (sulfide) groups is 1. The van der Waals surface area contributed by atoms with Crippen LogP contribution in [-0.4, -0.2) is 33.5 Å². The fraction of sp³-hybridized carbons (Fsp3) is 0.800. The van der Waals surface area contributed by atoms with Gasteiger partial charge in [0.15, 0.2) is 0 Å². The third kappa shape index (κ3) is 2.51. The van der Waals surface area contributed by atoms with Gasteiger partial charge < -0.3 is 10.5 Å². The Hall–Kier alpha value is -0.520. The van der Waals surface area contributed by atoms with E-state index in [4.69, 9.17) is 15.6 Å². The van der Waals surface area contributed by atoms with Crippen molar-refractivity contribution in [2.45, 2.75) is 57.7 Å². The number of hydrogen-bond donors (Lipinski definition) is 1. The van der Waals surface area contributed by atoms with Crippen LogP contribution < -0.4 is 5.73 Å². The lowest BCUT2D eigenvalue weighted by atomic mass is 9.85. The molecule has 0 amide bonds. The molecular weight excluding hydrogens is 270 g/mol. The smallest absolute Gasteiger partial charge is 0.0718 e. The van der Waals surface area contributed by atoms with Gasteiger partial charge in [-0.05, 0) is 51.0 Å². The number of nitrogens with two attached hydrogens (primary N) is 1. The highest BCUT2D eigenvalue weighted by atomic mass is 32.2. The number of nitrogens with zero attached hydrogens (tertiary/aromatic N) is 2. The summed E-state index contributed by atoms with van der Waals surface area (Å²) in [5.41, 5.74) is 9.51. The van der Waals surface area contributed by atoms with E-state index >= 15 is 0 Å². The summed E-state index contributed by atoms with van der Waals surface area (Å²) >= 11 is 2.05. The van der Waals surface area contributed by atoms with E-state index in [2.05, 4.69) is 30.3 Å². The lowest BCUT2D eigenvalue weighted by Crippen LogP contribution is -2.43. The van der Waals surface area contributed by atoms with E-state index in [-0.39, 0.29) is 5.60 Å². The van der Waals surface area contributed by atoms with Gasteiger partial charge in [0, 0.05) is 24.4 Å². The highest BCUT2D eigenvalue weighted by molar-refractivity contribution is 7.99. The normalized spacial score (nSPS) is 26.1. The molecule has 4 nitrogen and oxygen atoms in total. The molecule has 0 radical (unpaired) electrons. The number of hydrogen-bond acceptors (Lipinski definition) is 4. The minimum atomic E-state index is 0.114. The molecule has 3 rings (SSSR count). The molecule has 3 heterocycles. The second-order valence-corrected chi connectivity index (χ2v) is 7.31. The lowest BCUT2D eigenvalue weighted by Gasteiger charge is -2.43. The molecule has 1 aromatic rings. The van der Waals surface area contributed by atoms with Crippen LogP contribution in [0.25, 0.3) is 0 Å². The molecule has 5 heteroatoms. The van der Waals surface area contributed by atoms with Crippen LogP contribution in [0.3, 0.4) is 0 Å². The minimum Gasteiger partial charge on any atom is -0.375 e. The molecule has 2 aliphatic rings. The van der Waals surface area contributed by atoms with Crippen LogP contribution in [0.15, 0.2) is 0 Å². The van der Waals surface area contributed by atoms with Gasteiger partial charge in [0.2, 0.25) is 0 Å². The molecular formula is C15H25N3OS. The quantitative estimate of drug-likeness (QED) is 0.911. The fourth-order valence-electron chi connectivity index (χ4n) is 3.65. The molecule has 1 unspecified atom stereocenters. The van der Waals surface area contributed by atoms with E-state index in [0.717, 1.165) is 25.1 Å². The Morgan fingerprint density at radius 1 is 1.40 bits per heavy atom. The monoisotopic (exact) mass is 295 g/mol. The van der Waals surface area contributed by atoms with Crippen LogP contribution in [0.2, 0.25) is 0 Å². The van der Waals surface area contributed by atoms with Crippen LogP contribution in [0.1, 0.15) is 48.7 Å². The van der Waals surface area contributed by atoms with Gasteiger partial charge in [-0.25, -0.2) is 0 Å². The van der Waals surface area contributed by atoms with Crippen LogP contribution in [0, 0.1) is 13.8 Å². The second kappa shape index (κ2) is 5.70. The van der Waals surface area contributed by atoms with Crippen molar-refractivity contribution >= 4 is 11.8 Å². The second-order valence-electron chi connectivity index (χ2n) is 6.09. The molecule has 0 saturated carbocycles. The van der Waals surface area contributed by atoms with Crippen LogP contribution in [0.4, 0.5) is 0 Å². The van der Waals surface area contributed by atoms with Gasteiger partial charge in [-0.2, -0.15) is 16.9 Å². The highest BCUT2D eigenvalue weighted by Crippen LogP contribution is 2.41. The molecule has 1 aromatic heterocycles. The van der Waals surface area contributed by atoms with Gasteiger partial charge in [-0.15, -0.1) is 0 Å². The van der Waals surface area contributed by atoms with Crippen molar-refractivity contribution in [1.82, 2.24) is 9.78 Å². The topological polar surface area (TPSA) is 53.1 Å². The van der Waals surface area contributed by atoms with Gasteiger partial charge in [0.1, 0.15) is 0 Å². The predicted octanol–water partition coefficient (Wildman–Crippen LogP) is 2.58. The molecule has 1 spiro atoms. The number of aromatic nitrogens is 2. The Kier molecular flexibility index (Phi) is 4.11. The standard InChI is InChI=1S/C15H25N3OS/c1-11-14(10-16)12(2)18(17-11)13-3-6-19-15(9-13)4-7-20-8-5-15/h13H,3-10,16H2,1-2H3. The van der Waals surface area contributed by atoms with Crippen LogP contribution in [0.5, 0.6) is 0 Å². The van der Waals surface area contributed by atoms with E-state index in [1.807, 2.05) is 0 Å². The molecule has 0 aliphatic carbocycles. The largest absolute Gasteiger partial charge is 0.375 e. The average molecular weight is 295 g/mol. The Morgan fingerprint density at radius 3 is 2.80 bits per heavy atom. The van der Waals surface area contributed by atoms with E-state index in [0.29, 0.717) is 12.6 Å². The van der Waals surface area contributed by atoms with Gasteiger partial charge in [0.25, 0.3) is 0 Å². The van der Waals surface area contributed by atoms with E-state index in [1.165, 1.54) is 35.6 Å². The first kappa shape index (κ1) is 14.4. The van der Waals surface area contributed by atoms with Gasteiger partial charge >= 0.3 is 0 Å². The van der Waals surface area contributed by atoms with Crippen molar-refractivity contribution in [2.24, 2.45) is 5.73 Å². The molecule has 2 saturated heterocycles. The van der Waals surface area contributed by atoms with Gasteiger partial charge in [-0.3, -0.25) is 4.68 Å². The van der Waals surface area contributed by atoms with Crippen LogP contribution in [-0.2, 0) is 11.3 Å². The van der Waals surface area contributed by atoms with Crippen molar-refractivity contribution in [1.29, 1.82) is 0 Å².